The van der Waals surface area contributed by atoms with E-state index in [0.717, 1.165) is 6.42 Å². The van der Waals surface area contributed by atoms with Crippen LogP contribution < -0.4 is 11.1 Å². The Bertz CT molecular complexity index is 651. The van der Waals surface area contributed by atoms with Crippen LogP contribution in [0.1, 0.15) is 33.6 Å². The molecule has 0 aliphatic carbocycles. The van der Waals surface area contributed by atoms with E-state index in [-0.39, 0.29) is 27.6 Å². The number of rotatable bonds is 2. The van der Waals surface area contributed by atoms with Crippen molar-refractivity contribution in [1.82, 2.24) is 4.90 Å². The van der Waals surface area contributed by atoms with Gasteiger partial charge in [0, 0.05) is 18.8 Å². The molecule has 0 aromatic heterocycles. The molecule has 1 aromatic rings. The minimum absolute atomic E-state index is 0.190. The summed E-state index contributed by atoms with van der Waals surface area (Å²) in [5.74, 6) is -0.512. The maximum atomic E-state index is 12.5. The van der Waals surface area contributed by atoms with E-state index in [1.54, 1.807) is 17.0 Å². The smallest absolute Gasteiger partial charge is 0.410 e. The number of benzene rings is 1. The first-order chi connectivity index (χ1) is 11.6. The molecule has 3 N–H and O–H groups in total. The Kier molecular flexibility index (Phi) is 6.06. The van der Waals surface area contributed by atoms with Gasteiger partial charge in [-0.15, -0.1) is 0 Å². The Balaban J connectivity index is 2.01. The van der Waals surface area contributed by atoms with Crippen molar-refractivity contribution in [3.63, 3.8) is 0 Å². The summed E-state index contributed by atoms with van der Waals surface area (Å²) in [5, 5.41) is 3.35. The molecule has 0 radical (unpaired) electrons. The Morgan fingerprint density at radius 1 is 1.28 bits per heavy atom. The van der Waals surface area contributed by atoms with Crippen LogP contribution in [0.4, 0.5) is 16.2 Å². The fraction of sp³-hybridized carbons (Fsp3) is 0.529. The average Bonchev–Trinajstić information content (AvgIpc) is 2.51. The van der Waals surface area contributed by atoms with Crippen molar-refractivity contribution in [3.05, 3.63) is 22.2 Å². The summed E-state index contributed by atoms with van der Waals surface area (Å²) in [4.78, 5) is 26.3. The lowest BCUT2D eigenvalue weighted by atomic mass is 9.97. The molecule has 1 aromatic carbocycles. The van der Waals surface area contributed by atoms with Crippen LogP contribution in [0.3, 0.4) is 0 Å². The van der Waals surface area contributed by atoms with Gasteiger partial charge in [0.15, 0.2) is 0 Å². The number of piperidine rings is 1. The summed E-state index contributed by atoms with van der Waals surface area (Å²) >= 11 is 12.0. The molecule has 138 valence electrons. The fourth-order valence-electron chi connectivity index (χ4n) is 2.58. The lowest BCUT2D eigenvalue weighted by molar-refractivity contribution is -0.121. The highest BCUT2D eigenvalue weighted by Gasteiger charge is 2.31. The van der Waals surface area contributed by atoms with Crippen LogP contribution in [0.25, 0.3) is 0 Å². The minimum atomic E-state index is -0.566. The molecular formula is C17H23Cl2N3O3. The highest BCUT2D eigenvalue weighted by Crippen LogP contribution is 2.31. The molecule has 8 heteroatoms. The number of carbonyl (C=O) groups excluding carboxylic acids is 2. The van der Waals surface area contributed by atoms with E-state index in [2.05, 4.69) is 5.32 Å². The van der Waals surface area contributed by atoms with E-state index in [1.807, 2.05) is 20.8 Å². The van der Waals surface area contributed by atoms with Crippen LogP contribution in [0.15, 0.2) is 12.1 Å². The van der Waals surface area contributed by atoms with Crippen molar-refractivity contribution < 1.29 is 14.3 Å². The number of ether oxygens (including phenoxy) is 1. The molecule has 1 aliphatic rings. The van der Waals surface area contributed by atoms with E-state index in [4.69, 9.17) is 33.7 Å². The van der Waals surface area contributed by atoms with Crippen molar-refractivity contribution in [3.8, 4) is 0 Å². The molecule has 1 saturated heterocycles. The summed E-state index contributed by atoms with van der Waals surface area (Å²) in [7, 11) is 0. The van der Waals surface area contributed by atoms with Crippen LogP contribution >= 0.6 is 23.2 Å². The van der Waals surface area contributed by atoms with Gasteiger partial charge < -0.3 is 20.7 Å². The zero-order valence-corrected chi connectivity index (χ0v) is 16.1. The molecule has 6 nitrogen and oxygen atoms in total. The highest BCUT2D eigenvalue weighted by atomic mass is 35.5. The predicted molar refractivity (Wildman–Crippen MR) is 100 cm³/mol. The lowest BCUT2D eigenvalue weighted by Crippen LogP contribution is -2.45. The Morgan fingerprint density at radius 3 is 2.44 bits per heavy atom. The van der Waals surface area contributed by atoms with Gasteiger partial charge in [-0.25, -0.2) is 4.79 Å². The number of anilines is 2. The number of hydrogen-bond donors (Lipinski definition) is 2. The van der Waals surface area contributed by atoms with E-state index in [1.165, 1.54) is 0 Å². The second kappa shape index (κ2) is 7.70. The van der Waals surface area contributed by atoms with Crippen molar-refractivity contribution in [1.29, 1.82) is 0 Å². The number of likely N-dealkylation sites (tertiary alicyclic amines) is 1. The van der Waals surface area contributed by atoms with Crippen molar-refractivity contribution in [2.24, 2.45) is 5.92 Å². The molecule has 1 aliphatic heterocycles. The quantitative estimate of drug-likeness (QED) is 0.745. The SMILES string of the molecule is CC(C)(C)OC(=O)N1CCC[C@H](C(=O)Nc2cc(Cl)c(N)c(Cl)c2)C1. The Hall–Kier alpha value is -1.66. The van der Waals surface area contributed by atoms with E-state index in [9.17, 15) is 9.59 Å². The third-order valence-corrected chi connectivity index (χ3v) is 4.42. The Morgan fingerprint density at radius 2 is 1.88 bits per heavy atom. The standard InChI is InChI=1S/C17H23Cl2N3O3/c1-17(2,3)25-16(24)22-6-4-5-10(9-22)15(23)21-11-7-12(18)14(20)13(19)8-11/h7-8,10H,4-6,9,20H2,1-3H3,(H,21,23)/t10-/m0/s1. The van der Waals surface area contributed by atoms with Gasteiger partial charge in [-0.2, -0.15) is 0 Å². The number of nitrogens with one attached hydrogen (secondary N) is 1. The minimum Gasteiger partial charge on any atom is -0.444 e. The summed E-state index contributed by atoms with van der Waals surface area (Å²) in [6, 6.07) is 3.10. The van der Waals surface area contributed by atoms with Crippen molar-refractivity contribution in [2.45, 2.75) is 39.2 Å². The molecule has 2 amide bonds. The normalized spacial score (nSPS) is 18.0. The first kappa shape index (κ1) is 19.7. The van der Waals surface area contributed by atoms with Crippen LogP contribution in [0, 0.1) is 5.92 Å². The molecule has 2 rings (SSSR count). The van der Waals surface area contributed by atoms with Gasteiger partial charge in [-0.1, -0.05) is 23.2 Å². The van der Waals surface area contributed by atoms with Gasteiger partial charge in [-0.3, -0.25) is 4.79 Å². The van der Waals surface area contributed by atoms with Gasteiger partial charge in [-0.05, 0) is 45.7 Å². The van der Waals surface area contributed by atoms with Gasteiger partial charge in [0.05, 0.1) is 21.7 Å². The van der Waals surface area contributed by atoms with Crippen LogP contribution in [-0.2, 0) is 9.53 Å². The van der Waals surface area contributed by atoms with E-state index >= 15 is 0 Å². The van der Waals surface area contributed by atoms with Gasteiger partial charge in [0.25, 0.3) is 0 Å². The van der Waals surface area contributed by atoms with E-state index < -0.39 is 11.7 Å². The summed E-state index contributed by atoms with van der Waals surface area (Å²) in [6.45, 7) is 6.34. The number of nitrogens with zero attached hydrogens (tertiary/aromatic N) is 1. The number of nitrogen functional groups attached to an aromatic ring is 1. The third kappa shape index (κ3) is 5.41. The van der Waals surface area contributed by atoms with Crippen LogP contribution in [0.5, 0.6) is 0 Å². The molecule has 0 unspecified atom stereocenters. The molecule has 1 fully saturated rings. The number of amides is 2. The lowest BCUT2D eigenvalue weighted by Gasteiger charge is -2.33. The summed E-state index contributed by atoms with van der Waals surface area (Å²) in [6.07, 6.45) is 1.03. The van der Waals surface area contributed by atoms with E-state index in [0.29, 0.717) is 25.2 Å². The fourth-order valence-corrected chi connectivity index (χ4v) is 3.07. The second-order valence-corrected chi connectivity index (χ2v) is 7.92. The van der Waals surface area contributed by atoms with Gasteiger partial charge in [0.1, 0.15) is 5.60 Å². The van der Waals surface area contributed by atoms with Gasteiger partial charge >= 0.3 is 6.09 Å². The second-order valence-electron chi connectivity index (χ2n) is 7.11. The first-order valence-corrected chi connectivity index (χ1v) is 8.85. The van der Waals surface area contributed by atoms with Crippen LogP contribution in [-0.4, -0.2) is 35.6 Å². The Labute approximate surface area is 157 Å². The molecule has 1 heterocycles. The van der Waals surface area contributed by atoms with Crippen LogP contribution in [0.2, 0.25) is 10.0 Å². The number of halogens is 2. The molecule has 0 saturated carbocycles. The predicted octanol–water partition coefficient (Wildman–Crippen LogP) is 4.16. The summed E-state index contributed by atoms with van der Waals surface area (Å²) < 4.78 is 5.37. The summed E-state index contributed by atoms with van der Waals surface area (Å²) in [5.41, 5.74) is 5.87. The average molecular weight is 388 g/mol. The zero-order valence-electron chi connectivity index (χ0n) is 14.6. The molecular weight excluding hydrogens is 365 g/mol. The largest absolute Gasteiger partial charge is 0.444 e. The maximum absolute atomic E-state index is 12.5. The number of hydrogen-bond acceptors (Lipinski definition) is 4. The molecule has 1 atom stereocenters. The third-order valence-electron chi connectivity index (χ3n) is 3.79. The zero-order chi connectivity index (χ0) is 18.8. The molecule has 0 spiro atoms. The maximum Gasteiger partial charge on any atom is 0.410 e. The molecule has 25 heavy (non-hydrogen) atoms. The monoisotopic (exact) mass is 387 g/mol. The number of carbonyl (C=O) groups is 2. The molecule has 0 bridgehead atoms. The van der Waals surface area contributed by atoms with Crippen molar-refractivity contribution >= 4 is 46.6 Å². The topological polar surface area (TPSA) is 84.7 Å². The van der Waals surface area contributed by atoms with Crippen molar-refractivity contribution in [2.75, 3.05) is 24.1 Å². The van der Waals surface area contributed by atoms with Gasteiger partial charge in [0.2, 0.25) is 5.91 Å². The number of nitrogens with two attached hydrogens (primary N) is 1. The highest BCUT2D eigenvalue weighted by molar-refractivity contribution is 6.39. The first-order valence-electron chi connectivity index (χ1n) is 8.10.